The summed E-state index contributed by atoms with van der Waals surface area (Å²) in [5, 5.41) is 5.38. The van der Waals surface area contributed by atoms with Gasteiger partial charge in [-0.25, -0.2) is 0 Å². The van der Waals surface area contributed by atoms with E-state index in [4.69, 9.17) is 0 Å². The van der Waals surface area contributed by atoms with Crippen LogP contribution in [0.1, 0.15) is 12.8 Å². The molecule has 7 heteroatoms. The summed E-state index contributed by atoms with van der Waals surface area (Å²) in [5.74, 6) is -0.458. The Kier molecular flexibility index (Phi) is 4.83. The van der Waals surface area contributed by atoms with E-state index in [2.05, 4.69) is 10.6 Å². The maximum atomic E-state index is 12.0. The van der Waals surface area contributed by atoms with E-state index in [-0.39, 0.29) is 36.0 Å². The highest BCUT2D eigenvalue weighted by molar-refractivity contribution is 6.07. The molecule has 22 heavy (non-hydrogen) atoms. The average Bonchev–Trinajstić information content (AvgIpc) is 2.86. The predicted molar refractivity (Wildman–Crippen MR) is 83.3 cm³/mol. The van der Waals surface area contributed by atoms with E-state index in [1.165, 1.54) is 0 Å². The summed E-state index contributed by atoms with van der Waals surface area (Å²) < 4.78 is 0. The minimum absolute atomic E-state index is 0. The number of piperidine rings is 1. The standard InChI is InChI=1S/C15H17N3O3.ClH/c1-16-6-10-11-8-18(7-9(11)2-4-13(10)19)12-3-5-14(20)17-15(12)21;/h2,4,7,12,16H,3,5-6,8H2,1H3,(H,17,20,21);1H. The molecule has 0 aromatic heterocycles. The van der Waals surface area contributed by atoms with Crippen LogP contribution in [0.2, 0.25) is 0 Å². The first kappa shape index (κ1) is 16.5. The number of nitrogens with one attached hydrogen (secondary N) is 2. The van der Waals surface area contributed by atoms with E-state index in [1.807, 2.05) is 11.1 Å². The highest BCUT2D eigenvalue weighted by atomic mass is 35.5. The van der Waals surface area contributed by atoms with Crippen LogP contribution in [0.4, 0.5) is 0 Å². The molecule has 118 valence electrons. The van der Waals surface area contributed by atoms with E-state index in [0.29, 0.717) is 25.9 Å². The van der Waals surface area contributed by atoms with Crippen LogP contribution in [-0.4, -0.2) is 48.7 Å². The molecule has 6 nitrogen and oxygen atoms in total. The molecule has 1 aliphatic carbocycles. The molecular formula is C15H18ClN3O3. The minimum atomic E-state index is -0.340. The first-order valence-corrected chi connectivity index (χ1v) is 7.01. The molecule has 3 aliphatic rings. The number of carbonyl (C=O) groups is 3. The highest BCUT2D eigenvalue weighted by Crippen LogP contribution is 2.31. The van der Waals surface area contributed by atoms with Crippen LogP contribution >= 0.6 is 12.4 Å². The molecule has 3 rings (SSSR count). The molecule has 2 aliphatic heterocycles. The Morgan fingerprint density at radius 1 is 1.32 bits per heavy atom. The summed E-state index contributed by atoms with van der Waals surface area (Å²) >= 11 is 0. The number of rotatable bonds is 3. The second-order valence-electron chi connectivity index (χ2n) is 5.41. The summed E-state index contributed by atoms with van der Waals surface area (Å²) in [6, 6.07) is -0.340. The Labute approximate surface area is 134 Å². The van der Waals surface area contributed by atoms with E-state index >= 15 is 0 Å². The van der Waals surface area contributed by atoms with Gasteiger partial charge in [0.25, 0.3) is 0 Å². The van der Waals surface area contributed by atoms with Crippen molar-refractivity contribution in [1.82, 2.24) is 15.5 Å². The Morgan fingerprint density at radius 2 is 2.09 bits per heavy atom. The molecule has 1 saturated heterocycles. The van der Waals surface area contributed by atoms with E-state index in [0.717, 1.165) is 16.7 Å². The van der Waals surface area contributed by atoms with Crippen LogP contribution in [0.5, 0.6) is 0 Å². The third kappa shape index (κ3) is 2.84. The van der Waals surface area contributed by atoms with Gasteiger partial charge < -0.3 is 10.2 Å². The van der Waals surface area contributed by atoms with Crippen molar-refractivity contribution in [1.29, 1.82) is 0 Å². The third-order valence-corrected chi connectivity index (χ3v) is 4.03. The molecule has 0 spiro atoms. The molecular weight excluding hydrogens is 306 g/mol. The van der Waals surface area contributed by atoms with Gasteiger partial charge >= 0.3 is 0 Å². The fraction of sp³-hybridized carbons (Fsp3) is 0.400. The van der Waals surface area contributed by atoms with Gasteiger partial charge in [-0.05, 0) is 36.8 Å². The van der Waals surface area contributed by atoms with Crippen molar-refractivity contribution in [3.8, 4) is 0 Å². The number of imide groups is 1. The van der Waals surface area contributed by atoms with Crippen molar-refractivity contribution in [3.63, 3.8) is 0 Å². The van der Waals surface area contributed by atoms with Gasteiger partial charge in [-0.1, -0.05) is 0 Å². The smallest absolute Gasteiger partial charge is 0.249 e. The number of allylic oxidation sites excluding steroid dienone is 2. The van der Waals surface area contributed by atoms with Crippen LogP contribution in [0.3, 0.4) is 0 Å². The van der Waals surface area contributed by atoms with Crippen molar-refractivity contribution < 1.29 is 14.4 Å². The number of amides is 2. The molecule has 0 aromatic carbocycles. The van der Waals surface area contributed by atoms with Gasteiger partial charge in [0.2, 0.25) is 11.8 Å². The molecule has 1 fully saturated rings. The lowest BCUT2D eigenvalue weighted by Gasteiger charge is -2.29. The monoisotopic (exact) mass is 323 g/mol. The summed E-state index contributed by atoms with van der Waals surface area (Å²) in [7, 11) is 1.80. The van der Waals surface area contributed by atoms with Gasteiger partial charge in [0, 0.05) is 31.3 Å². The second kappa shape index (κ2) is 6.46. The van der Waals surface area contributed by atoms with Gasteiger partial charge in [0.05, 0.1) is 0 Å². The Morgan fingerprint density at radius 3 is 2.77 bits per heavy atom. The quantitative estimate of drug-likeness (QED) is 0.719. The van der Waals surface area contributed by atoms with Crippen molar-refractivity contribution >= 4 is 30.0 Å². The van der Waals surface area contributed by atoms with E-state index in [1.54, 1.807) is 19.2 Å². The summed E-state index contributed by atoms with van der Waals surface area (Å²) in [6.45, 7) is 1.05. The van der Waals surface area contributed by atoms with Crippen LogP contribution in [0.25, 0.3) is 0 Å². The highest BCUT2D eigenvalue weighted by Gasteiger charge is 2.35. The first-order chi connectivity index (χ1) is 10.1. The molecule has 0 bridgehead atoms. The van der Waals surface area contributed by atoms with Gasteiger partial charge in [0.15, 0.2) is 5.78 Å². The van der Waals surface area contributed by atoms with Gasteiger partial charge in [-0.3, -0.25) is 19.7 Å². The molecule has 0 radical (unpaired) electrons. The fourth-order valence-corrected chi connectivity index (χ4v) is 2.97. The molecule has 2 amide bonds. The minimum Gasteiger partial charge on any atom is -0.361 e. The number of nitrogens with zero attached hydrogens (tertiary/aromatic N) is 1. The van der Waals surface area contributed by atoms with Crippen LogP contribution in [-0.2, 0) is 14.4 Å². The normalized spacial score (nSPS) is 24.0. The van der Waals surface area contributed by atoms with Gasteiger partial charge in [0.1, 0.15) is 6.04 Å². The molecule has 2 heterocycles. The van der Waals surface area contributed by atoms with Crippen LogP contribution in [0, 0.1) is 0 Å². The summed E-state index contributed by atoms with van der Waals surface area (Å²) in [4.78, 5) is 37.1. The number of hydrogen-bond acceptors (Lipinski definition) is 5. The predicted octanol–water partition coefficient (Wildman–Crippen LogP) is 0.0678. The van der Waals surface area contributed by atoms with Crippen molar-refractivity contribution in [3.05, 3.63) is 35.1 Å². The van der Waals surface area contributed by atoms with E-state index < -0.39 is 0 Å². The van der Waals surface area contributed by atoms with E-state index in [9.17, 15) is 14.4 Å². The number of likely N-dealkylation sites (N-methyl/N-ethyl adjacent to an activating group) is 1. The fourth-order valence-electron chi connectivity index (χ4n) is 2.97. The van der Waals surface area contributed by atoms with Crippen molar-refractivity contribution in [2.75, 3.05) is 20.1 Å². The lowest BCUT2D eigenvalue weighted by molar-refractivity contribution is -0.136. The number of ketones is 1. The lowest BCUT2D eigenvalue weighted by Crippen LogP contribution is -2.50. The SMILES string of the molecule is CNCC1=C2CN(C3CCC(=O)NC3=O)C=C2C=CC1=O.Cl. The van der Waals surface area contributed by atoms with Gasteiger partial charge in [-0.2, -0.15) is 0 Å². The number of carbonyl (C=O) groups excluding carboxylic acids is 3. The lowest BCUT2D eigenvalue weighted by atomic mass is 9.93. The molecule has 0 aromatic rings. The second-order valence-corrected chi connectivity index (χ2v) is 5.41. The Hall–Kier alpha value is -1.92. The maximum Gasteiger partial charge on any atom is 0.249 e. The zero-order valence-corrected chi connectivity index (χ0v) is 13.0. The number of hydrogen-bond donors (Lipinski definition) is 2. The van der Waals surface area contributed by atoms with Crippen LogP contribution < -0.4 is 10.6 Å². The zero-order valence-electron chi connectivity index (χ0n) is 12.2. The number of fused-ring (bicyclic) bond motifs is 1. The number of halogens is 1. The Balaban J connectivity index is 0.00000176. The average molecular weight is 324 g/mol. The first-order valence-electron chi connectivity index (χ1n) is 7.01. The van der Waals surface area contributed by atoms with Crippen molar-refractivity contribution in [2.45, 2.75) is 18.9 Å². The molecule has 2 N–H and O–H groups in total. The Bertz CT molecular complexity index is 622. The summed E-state index contributed by atoms with van der Waals surface area (Å²) in [6.07, 6.45) is 6.14. The van der Waals surface area contributed by atoms with Crippen LogP contribution in [0.15, 0.2) is 35.1 Å². The molecule has 1 unspecified atom stereocenters. The maximum absolute atomic E-state index is 12.0. The summed E-state index contributed by atoms with van der Waals surface area (Å²) in [5.41, 5.74) is 2.70. The van der Waals surface area contributed by atoms with Gasteiger partial charge in [-0.15, -0.1) is 12.4 Å². The largest absolute Gasteiger partial charge is 0.361 e. The molecule has 0 saturated carbocycles. The zero-order chi connectivity index (χ0) is 15.0. The third-order valence-electron chi connectivity index (χ3n) is 4.03. The molecule has 1 atom stereocenters. The van der Waals surface area contributed by atoms with Crippen molar-refractivity contribution in [2.24, 2.45) is 0 Å². The topological polar surface area (TPSA) is 78.5 Å².